The van der Waals surface area contributed by atoms with Crippen LogP contribution in [0.5, 0.6) is 0 Å². The summed E-state index contributed by atoms with van der Waals surface area (Å²) in [6, 6.07) is 1.23. The molecule has 96 valence electrons. The predicted molar refractivity (Wildman–Crippen MR) is 72.5 cm³/mol. The van der Waals surface area contributed by atoms with Crippen LogP contribution >= 0.6 is 0 Å². The fraction of sp³-hybridized carbons (Fsp3) is 0.786. The highest BCUT2D eigenvalue weighted by atomic mass is 15.2. The summed E-state index contributed by atoms with van der Waals surface area (Å²) in [5.74, 6) is 1.09. The molecule has 0 unspecified atom stereocenters. The fourth-order valence-corrected chi connectivity index (χ4v) is 2.76. The van der Waals surface area contributed by atoms with Gasteiger partial charge in [0.25, 0.3) is 0 Å². The van der Waals surface area contributed by atoms with Gasteiger partial charge in [-0.2, -0.15) is 0 Å². The van der Waals surface area contributed by atoms with Crippen LogP contribution in [0.15, 0.2) is 6.20 Å². The van der Waals surface area contributed by atoms with Gasteiger partial charge in [-0.3, -0.25) is 0 Å². The van der Waals surface area contributed by atoms with E-state index in [1.165, 1.54) is 25.7 Å². The Morgan fingerprint density at radius 3 is 2.59 bits per heavy atom. The Morgan fingerprint density at radius 2 is 2.00 bits per heavy atom. The van der Waals surface area contributed by atoms with E-state index in [0.717, 1.165) is 24.5 Å². The molecule has 1 fully saturated rings. The number of nitrogens with one attached hydrogen (secondary N) is 1. The molecule has 1 heterocycles. The lowest BCUT2D eigenvalue weighted by atomic mass is 10.2. The van der Waals surface area contributed by atoms with Crippen LogP contribution in [0.1, 0.15) is 64.1 Å². The summed E-state index contributed by atoms with van der Waals surface area (Å²) in [6.07, 6.45) is 9.89. The molecule has 1 aliphatic carbocycles. The monoisotopic (exact) mass is 235 g/mol. The second-order valence-electron chi connectivity index (χ2n) is 5.21. The third-order valence-corrected chi connectivity index (χ3v) is 3.89. The van der Waals surface area contributed by atoms with Crippen molar-refractivity contribution >= 4 is 5.95 Å². The molecule has 1 aromatic heterocycles. The van der Waals surface area contributed by atoms with Crippen molar-refractivity contribution in [2.75, 3.05) is 5.32 Å². The van der Waals surface area contributed by atoms with Crippen molar-refractivity contribution in [2.45, 2.75) is 71.4 Å². The number of imidazole rings is 1. The number of hydrogen-bond acceptors (Lipinski definition) is 2. The van der Waals surface area contributed by atoms with E-state index >= 15 is 0 Å². The van der Waals surface area contributed by atoms with Crippen molar-refractivity contribution < 1.29 is 0 Å². The number of aromatic nitrogens is 2. The first kappa shape index (κ1) is 12.5. The summed E-state index contributed by atoms with van der Waals surface area (Å²) < 4.78 is 2.38. The van der Waals surface area contributed by atoms with Gasteiger partial charge in [-0.1, -0.05) is 26.7 Å². The van der Waals surface area contributed by atoms with Crippen molar-refractivity contribution in [1.82, 2.24) is 9.55 Å². The Hall–Kier alpha value is -0.990. The minimum absolute atomic E-state index is 0.553. The third-order valence-electron chi connectivity index (χ3n) is 3.89. The van der Waals surface area contributed by atoms with Crippen molar-refractivity contribution in [3.63, 3.8) is 0 Å². The quantitative estimate of drug-likeness (QED) is 0.838. The fourth-order valence-electron chi connectivity index (χ4n) is 2.76. The van der Waals surface area contributed by atoms with Gasteiger partial charge in [-0.05, 0) is 32.6 Å². The molecule has 0 atom stereocenters. The maximum absolute atomic E-state index is 4.64. The molecule has 0 aromatic carbocycles. The lowest BCUT2D eigenvalue weighted by Crippen LogP contribution is -2.21. The van der Waals surface area contributed by atoms with E-state index in [-0.39, 0.29) is 0 Å². The molecule has 17 heavy (non-hydrogen) atoms. The van der Waals surface area contributed by atoms with Crippen LogP contribution in [-0.2, 0) is 0 Å². The Kier molecular flexibility index (Phi) is 4.08. The average molecular weight is 235 g/mol. The first-order valence-corrected chi connectivity index (χ1v) is 7.06. The van der Waals surface area contributed by atoms with E-state index < -0.39 is 0 Å². The highest BCUT2D eigenvalue weighted by Gasteiger charge is 2.20. The molecular weight excluding hydrogens is 210 g/mol. The van der Waals surface area contributed by atoms with Gasteiger partial charge in [0.2, 0.25) is 5.95 Å². The molecule has 0 bridgehead atoms. The van der Waals surface area contributed by atoms with Crippen molar-refractivity contribution in [3.05, 3.63) is 11.9 Å². The van der Waals surface area contributed by atoms with Crippen LogP contribution in [-0.4, -0.2) is 15.6 Å². The lowest BCUT2D eigenvalue weighted by molar-refractivity contribution is 0.517. The molecule has 1 aromatic rings. The van der Waals surface area contributed by atoms with Crippen LogP contribution in [0.3, 0.4) is 0 Å². The Bertz CT molecular complexity index is 346. The summed E-state index contributed by atoms with van der Waals surface area (Å²) in [4.78, 5) is 4.64. The zero-order valence-electron chi connectivity index (χ0n) is 11.4. The molecular formula is C14H25N3. The second-order valence-corrected chi connectivity index (χ2v) is 5.21. The van der Waals surface area contributed by atoms with Crippen LogP contribution < -0.4 is 5.32 Å². The SMILES string of the molecule is CCC(CC)Nc1nc(C)cn1C1CCCC1. The van der Waals surface area contributed by atoms with Gasteiger partial charge in [0, 0.05) is 18.3 Å². The highest BCUT2D eigenvalue weighted by molar-refractivity contribution is 5.31. The predicted octanol–water partition coefficient (Wildman–Crippen LogP) is 3.91. The molecule has 1 saturated carbocycles. The normalized spacial score (nSPS) is 16.9. The minimum atomic E-state index is 0.553. The van der Waals surface area contributed by atoms with E-state index in [1.54, 1.807) is 0 Å². The topological polar surface area (TPSA) is 29.9 Å². The molecule has 2 rings (SSSR count). The molecule has 1 aliphatic rings. The summed E-state index contributed by atoms with van der Waals surface area (Å²) in [6.45, 7) is 6.55. The maximum atomic E-state index is 4.64. The molecule has 3 heteroatoms. The molecule has 0 spiro atoms. The molecule has 0 aliphatic heterocycles. The molecule has 0 radical (unpaired) electrons. The van der Waals surface area contributed by atoms with Gasteiger partial charge < -0.3 is 9.88 Å². The van der Waals surface area contributed by atoms with Crippen molar-refractivity contribution in [1.29, 1.82) is 0 Å². The van der Waals surface area contributed by atoms with Crippen LogP contribution in [0.2, 0.25) is 0 Å². The van der Waals surface area contributed by atoms with Crippen LogP contribution in [0.25, 0.3) is 0 Å². The van der Waals surface area contributed by atoms with Gasteiger partial charge in [0.15, 0.2) is 0 Å². The Balaban J connectivity index is 2.14. The summed E-state index contributed by atoms with van der Waals surface area (Å²) in [5.41, 5.74) is 1.13. The van der Waals surface area contributed by atoms with E-state index in [4.69, 9.17) is 0 Å². The first-order chi connectivity index (χ1) is 8.24. The lowest BCUT2D eigenvalue weighted by Gasteiger charge is -2.20. The smallest absolute Gasteiger partial charge is 0.203 e. The van der Waals surface area contributed by atoms with E-state index in [9.17, 15) is 0 Å². The van der Waals surface area contributed by atoms with Gasteiger partial charge in [-0.15, -0.1) is 0 Å². The number of nitrogens with zero attached hydrogens (tertiary/aromatic N) is 2. The second kappa shape index (κ2) is 5.56. The largest absolute Gasteiger partial charge is 0.353 e. The Labute approximate surface area is 105 Å². The van der Waals surface area contributed by atoms with Gasteiger partial charge >= 0.3 is 0 Å². The maximum Gasteiger partial charge on any atom is 0.203 e. The number of anilines is 1. The minimum Gasteiger partial charge on any atom is -0.353 e. The number of rotatable bonds is 5. The summed E-state index contributed by atoms with van der Waals surface area (Å²) in [7, 11) is 0. The Morgan fingerprint density at radius 1 is 1.35 bits per heavy atom. The molecule has 1 N–H and O–H groups in total. The average Bonchev–Trinajstić information content (AvgIpc) is 2.94. The van der Waals surface area contributed by atoms with Gasteiger partial charge in [0.1, 0.15) is 0 Å². The standard InChI is InChI=1S/C14H25N3/c1-4-12(5-2)16-14-15-11(3)10-17(14)13-8-6-7-9-13/h10,12-13H,4-9H2,1-3H3,(H,15,16). The van der Waals surface area contributed by atoms with E-state index in [0.29, 0.717) is 12.1 Å². The van der Waals surface area contributed by atoms with E-state index in [1.807, 2.05) is 0 Å². The first-order valence-electron chi connectivity index (χ1n) is 7.06. The molecule has 3 nitrogen and oxygen atoms in total. The number of hydrogen-bond donors (Lipinski definition) is 1. The summed E-state index contributed by atoms with van der Waals surface area (Å²) >= 11 is 0. The van der Waals surface area contributed by atoms with Gasteiger partial charge in [-0.25, -0.2) is 4.98 Å². The highest BCUT2D eigenvalue weighted by Crippen LogP contribution is 2.32. The van der Waals surface area contributed by atoms with Gasteiger partial charge in [0.05, 0.1) is 5.69 Å². The zero-order valence-corrected chi connectivity index (χ0v) is 11.4. The number of aryl methyl sites for hydroxylation is 1. The summed E-state index contributed by atoms with van der Waals surface area (Å²) in [5, 5.41) is 3.60. The van der Waals surface area contributed by atoms with Crippen LogP contribution in [0, 0.1) is 6.92 Å². The molecule has 0 amide bonds. The van der Waals surface area contributed by atoms with Crippen LogP contribution in [0.4, 0.5) is 5.95 Å². The zero-order chi connectivity index (χ0) is 12.3. The molecule has 0 saturated heterocycles. The van der Waals surface area contributed by atoms with Crippen molar-refractivity contribution in [2.24, 2.45) is 0 Å². The third kappa shape index (κ3) is 2.82. The van der Waals surface area contributed by atoms with Crippen molar-refractivity contribution in [3.8, 4) is 0 Å². The van der Waals surface area contributed by atoms with E-state index in [2.05, 4.69) is 41.8 Å².